The summed E-state index contributed by atoms with van der Waals surface area (Å²) in [6.07, 6.45) is -4.19. The Balaban J connectivity index is 0.000000240. The van der Waals surface area contributed by atoms with Crippen LogP contribution in [0.1, 0.15) is 26.7 Å². The van der Waals surface area contributed by atoms with Crippen LogP contribution in [0, 0.1) is 10.1 Å². The third-order valence-electron chi connectivity index (χ3n) is 4.20. The van der Waals surface area contributed by atoms with Crippen molar-refractivity contribution >= 4 is 0 Å². The van der Waals surface area contributed by atoms with Crippen LogP contribution >= 0.6 is 0 Å². The molecule has 0 aliphatic carbocycles. The van der Waals surface area contributed by atoms with E-state index in [1.165, 1.54) is 0 Å². The minimum Gasteiger partial charge on any atom is -0.386 e. The Morgan fingerprint density at radius 1 is 0.958 bits per heavy atom. The van der Waals surface area contributed by atoms with Gasteiger partial charge in [-0.2, -0.15) is 0 Å². The zero-order valence-corrected chi connectivity index (χ0v) is 14.3. The standard InChI is InChI=1S/C8H17NO3.C6H11NO5/c1-5-4-6(9(2)3)7(10)8(11)12-5;1-3-2-4(7(10)11)5(8)6(9)12-3/h5-8,10-11H,4H2,1-3H3;3-6,8-9H,2H2,1H3/t5?,6?,7?,8-;3?,4?,5?,6-/m00/s1. The van der Waals surface area contributed by atoms with Crippen molar-refractivity contribution in [2.45, 2.75) is 75.8 Å². The predicted octanol–water partition coefficient (Wildman–Crippen LogP) is -1.48. The second kappa shape index (κ2) is 8.99. The predicted molar refractivity (Wildman–Crippen MR) is 82.6 cm³/mol. The highest BCUT2D eigenvalue weighted by Crippen LogP contribution is 2.21. The number of hydrogen-bond acceptors (Lipinski definition) is 9. The van der Waals surface area contributed by atoms with Gasteiger partial charge in [0.1, 0.15) is 6.10 Å². The minimum atomic E-state index is -1.44. The molecule has 0 amide bonds. The van der Waals surface area contributed by atoms with E-state index in [4.69, 9.17) is 19.7 Å². The van der Waals surface area contributed by atoms with Gasteiger partial charge in [0.25, 0.3) is 0 Å². The number of aliphatic hydroxyl groups excluding tert-OH is 4. The number of likely N-dealkylation sites (N-methyl/N-ethyl adjacent to an activating group) is 1. The lowest BCUT2D eigenvalue weighted by molar-refractivity contribution is -0.550. The van der Waals surface area contributed by atoms with Crippen molar-refractivity contribution in [2.24, 2.45) is 0 Å². The van der Waals surface area contributed by atoms with E-state index in [-0.39, 0.29) is 18.6 Å². The first-order valence-corrected chi connectivity index (χ1v) is 7.87. The molecule has 0 aromatic heterocycles. The Labute approximate surface area is 140 Å². The fourth-order valence-corrected chi connectivity index (χ4v) is 2.81. The third kappa shape index (κ3) is 5.59. The van der Waals surface area contributed by atoms with Gasteiger partial charge in [-0.25, -0.2) is 0 Å². The molecule has 4 N–H and O–H groups in total. The van der Waals surface area contributed by atoms with E-state index < -0.39 is 41.9 Å². The van der Waals surface area contributed by atoms with Crippen LogP contribution in [-0.2, 0) is 9.47 Å². The molecule has 2 heterocycles. The number of nitrogens with zero attached hydrogens (tertiary/aromatic N) is 2. The molecule has 6 unspecified atom stereocenters. The average Bonchev–Trinajstić information content (AvgIpc) is 2.46. The summed E-state index contributed by atoms with van der Waals surface area (Å²) in [4.78, 5) is 11.7. The van der Waals surface area contributed by atoms with E-state index in [0.29, 0.717) is 0 Å². The zero-order chi connectivity index (χ0) is 18.6. The minimum absolute atomic E-state index is 0.01000. The molecule has 0 aromatic rings. The van der Waals surface area contributed by atoms with Gasteiger partial charge in [-0.1, -0.05) is 0 Å². The molecular weight excluding hydrogens is 324 g/mol. The number of ether oxygens (including phenoxy) is 2. The molecule has 0 bridgehead atoms. The van der Waals surface area contributed by atoms with Crippen LogP contribution in [0.4, 0.5) is 0 Å². The maximum absolute atomic E-state index is 10.3. The molecule has 0 aromatic carbocycles. The fourth-order valence-electron chi connectivity index (χ4n) is 2.81. The van der Waals surface area contributed by atoms with E-state index in [2.05, 4.69) is 0 Å². The Kier molecular flexibility index (Phi) is 7.93. The summed E-state index contributed by atoms with van der Waals surface area (Å²) >= 11 is 0. The smallest absolute Gasteiger partial charge is 0.246 e. The number of nitro groups is 1. The lowest BCUT2D eigenvalue weighted by Gasteiger charge is -2.38. The number of rotatable bonds is 2. The molecule has 2 rings (SSSR count). The molecule has 2 aliphatic rings. The maximum Gasteiger partial charge on any atom is 0.246 e. The number of hydrogen-bond donors (Lipinski definition) is 4. The van der Waals surface area contributed by atoms with Gasteiger partial charge in [-0.15, -0.1) is 0 Å². The first kappa shape index (κ1) is 21.2. The average molecular weight is 352 g/mol. The third-order valence-corrected chi connectivity index (χ3v) is 4.20. The van der Waals surface area contributed by atoms with Crippen LogP contribution in [0.2, 0.25) is 0 Å². The van der Waals surface area contributed by atoms with Crippen LogP contribution in [-0.4, -0.2) is 93.4 Å². The molecule has 10 nitrogen and oxygen atoms in total. The van der Waals surface area contributed by atoms with Crippen LogP contribution in [0.3, 0.4) is 0 Å². The first-order valence-electron chi connectivity index (χ1n) is 7.87. The Bertz CT molecular complexity index is 410. The van der Waals surface area contributed by atoms with Gasteiger partial charge in [0.05, 0.1) is 12.2 Å². The summed E-state index contributed by atoms with van der Waals surface area (Å²) in [5.41, 5.74) is 0. The summed E-state index contributed by atoms with van der Waals surface area (Å²) in [5.74, 6) is 0. The zero-order valence-electron chi connectivity index (χ0n) is 14.3. The lowest BCUT2D eigenvalue weighted by atomic mass is 9.99. The molecule has 2 saturated heterocycles. The van der Waals surface area contributed by atoms with Crippen LogP contribution in [0.15, 0.2) is 0 Å². The molecule has 2 fully saturated rings. The van der Waals surface area contributed by atoms with Crippen molar-refractivity contribution in [3.05, 3.63) is 10.1 Å². The Morgan fingerprint density at radius 3 is 1.88 bits per heavy atom. The summed E-state index contributed by atoms with van der Waals surface area (Å²) in [7, 11) is 3.78. The second-order valence-corrected chi connectivity index (χ2v) is 6.51. The summed E-state index contributed by atoms with van der Waals surface area (Å²) in [6.45, 7) is 3.51. The van der Waals surface area contributed by atoms with Crippen LogP contribution in [0.25, 0.3) is 0 Å². The monoisotopic (exact) mass is 352 g/mol. The Morgan fingerprint density at radius 2 is 1.42 bits per heavy atom. The van der Waals surface area contributed by atoms with E-state index in [0.717, 1.165) is 6.42 Å². The second-order valence-electron chi connectivity index (χ2n) is 6.51. The van der Waals surface area contributed by atoms with Crippen molar-refractivity contribution < 1.29 is 34.8 Å². The van der Waals surface area contributed by atoms with Crippen molar-refractivity contribution in [1.82, 2.24) is 4.90 Å². The lowest BCUT2D eigenvalue weighted by Crippen LogP contribution is -2.53. The van der Waals surface area contributed by atoms with E-state index in [1.54, 1.807) is 6.92 Å². The highest BCUT2D eigenvalue weighted by Gasteiger charge is 2.42. The van der Waals surface area contributed by atoms with Gasteiger partial charge in [0.15, 0.2) is 18.7 Å². The highest BCUT2D eigenvalue weighted by molar-refractivity contribution is 4.84. The molecule has 0 radical (unpaired) electrons. The summed E-state index contributed by atoms with van der Waals surface area (Å²) in [6, 6.07) is -1.13. The van der Waals surface area contributed by atoms with E-state index in [1.807, 2.05) is 25.9 Å². The molecule has 0 spiro atoms. The fraction of sp³-hybridized carbons (Fsp3) is 1.00. The number of aliphatic hydroxyl groups is 4. The highest BCUT2D eigenvalue weighted by atomic mass is 16.6. The summed E-state index contributed by atoms with van der Waals surface area (Å²) < 4.78 is 9.84. The quantitative estimate of drug-likeness (QED) is 0.345. The molecule has 10 heteroatoms. The van der Waals surface area contributed by atoms with Gasteiger partial charge >= 0.3 is 0 Å². The molecule has 142 valence electrons. The molecule has 2 aliphatic heterocycles. The van der Waals surface area contributed by atoms with Crippen molar-refractivity contribution in [2.75, 3.05) is 14.1 Å². The molecular formula is C14H28N2O8. The van der Waals surface area contributed by atoms with Gasteiger partial charge in [-0.3, -0.25) is 10.1 Å². The largest absolute Gasteiger partial charge is 0.386 e. The van der Waals surface area contributed by atoms with Crippen LogP contribution < -0.4 is 0 Å². The van der Waals surface area contributed by atoms with E-state index >= 15 is 0 Å². The van der Waals surface area contributed by atoms with Crippen LogP contribution in [0.5, 0.6) is 0 Å². The van der Waals surface area contributed by atoms with Gasteiger partial charge in [0.2, 0.25) is 6.04 Å². The normalized spacial score (nSPS) is 43.0. The van der Waals surface area contributed by atoms with Gasteiger partial charge in [0, 0.05) is 17.4 Å². The van der Waals surface area contributed by atoms with Crippen molar-refractivity contribution in [3.63, 3.8) is 0 Å². The first-order chi connectivity index (χ1) is 11.0. The SMILES string of the molecule is CC1CC(N(C)C)C(O)[C@@H](O)O1.CC1CC([N+](=O)[O-])C(O)[C@@H](O)O1. The van der Waals surface area contributed by atoms with Crippen molar-refractivity contribution in [3.8, 4) is 0 Å². The van der Waals surface area contributed by atoms with Gasteiger partial charge in [-0.05, 0) is 34.4 Å². The topological polar surface area (TPSA) is 146 Å². The van der Waals surface area contributed by atoms with Crippen molar-refractivity contribution in [1.29, 1.82) is 0 Å². The molecule has 8 atom stereocenters. The Hall–Kier alpha value is -0.880. The molecule has 0 saturated carbocycles. The maximum atomic E-state index is 10.3. The van der Waals surface area contributed by atoms with E-state index in [9.17, 15) is 20.3 Å². The summed E-state index contributed by atoms with van der Waals surface area (Å²) in [5, 5.41) is 47.2. The molecule has 24 heavy (non-hydrogen) atoms. The van der Waals surface area contributed by atoms with Gasteiger partial charge < -0.3 is 34.8 Å².